The lowest BCUT2D eigenvalue weighted by molar-refractivity contribution is 0.0691. The number of sulfone groups is 1. The summed E-state index contributed by atoms with van der Waals surface area (Å²) < 4.78 is 28.2. The highest BCUT2D eigenvalue weighted by Gasteiger charge is 2.10. The van der Waals surface area contributed by atoms with Gasteiger partial charge in [0, 0.05) is 6.26 Å². The van der Waals surface area contributed by atoms with Crippen molar-refractivity contribution in [3.63, 3.8) is 0 Å². The smallest absolute Gasteiger partial charge is 0.339 e. The van der Waals surface area contributed by atoms with Gasteiger partial charge in [-0.15, -0.1) is 0 Å². The summed E-state index contributed by atoms with van der Waals surface area (Å²) in [5.74, 6) is -0.782. The summed E-state index contributed by atoms with van der Waals surface area (Å²) in [6.45, 7) is 0.161. The Kier molecular flexibility index (Phi) is 4.28. The molecule has 0 fully saturated rings. The molecule has 0 amide bonds. The average Bonchev–Trinajstić information content (AvgIpc) is 2.45. The van der Waals surface area contributed by atoms with Gasteiger partial charge < -0.3 is 9.84 Å². The van der Waals surface area contributed by atoms with Crippen molar-refractivity contribution < 1.29 is 23.1 Å². The number of carbonyl (C=O) groups is 1. The van der Waals surface area contributed by atoms with E-state index >= 15 is 0 Å². The van der Waals surface area contributed by atoms with E-state index in [1.54, 1.807) is 30.3 Å². The van der Waals surface area contributed by atoms with Crippen LogP contribution < -0.4 is 4.74 Å². The lowest BCUT2D eigenvalue weighted by Gasteiger charge is -2.09. The molecule has 2 aromatic rings. The van der Waals surface area contributed by atoms with Crippen molar-refractivity contribution in [3.8, 4) is 5.75 Å². The fourth-order valence-electron chi connectivity index (χ4n) is 1.76. The third kappa shape index (κ3) is 3.82. The van der Waals surface area contributed by atoms with Gasteiger partial charge in [-0.1, -0.05) is 24.3 Å². The largest absolute Gasteiger partial charge is 0.488 e. The number of rotatable bonds is 5. The maximum absolute atomic E-state index is 11.3. The van der Waals surface area contributed by atoms with Crippen LogP contribution in [-0.2, 0) is 16.4 Å². The van der Waals surface area contributed by atoms with Crippen LogP contribution in [0.25, 0.3) is 0 Å². The first-order valence-electron chi connectivity index (χ1n) is 6.12. The van der Waals surface area contributed by atoms with E-state index in [0.29, 0.717) is 0 Å². The van der Waals surface area contributed by atoms with Crippen molar-refractivity contribution in [2.75, 3.05) is 6.26 Å². The molecule has 6 heteroatoms. The molecule has 2 rings (SSSR count). The minimum atomic E-state index is -3.22. The van der Waals surface area contributed by atoms with Crippen LogP contribution in [0.1, 0.15) is 15.9 Å². The molecule has 0 atom stereocenters. The summed E-state index contributed by atoms with van der Waals surface area (Å²) in [6.07, 6.45) is 1.14. The van der Waals surface area contributed by atoms with Gasteiger partial charge in [-0.25, -0.2) is 13.2 Å². The lowest BCUT2D eigenvalue weighted by atomic mass is 10.2. The van der Waals surface area contributed by atoms with E-state index < -0.39 is 15.8 Å². The fourth-order valence-corrected chi connectivity index (χ4v) is 2.39. The minimum absolute atomic E-state index is 0.0882. The SMILES string of the molecule is CS(=O)(=O)c1ccc(COc2ccccc2C(=O)O)cc1. The highest BCUT2D eigenvalue weighted by atomic mass is 32.2. The van der Waals surface area contributed by atoms with Crippen LogP contribution in [0, 0.1) is 0 Å². The zero-order chi connectivity index (χ0) is 15.5. The van der Waals surface area contributed by atoms with Crippen LogP contribution >= 0.6 is 0 Å². The number of hydrogen-bond donors (Lipinski definition) is 1. The molecule has 0 unspecified atom stereocenters. The first kappa shape index (κ1) is 15.1. The van der Waals surface area contributed by atoms with Gasteiger partial charge in [0.25, 0.3) is 0 Å². The van der Waals surface area contributed by atoms with Gasteiger partial charge in [0.1, 0.15) is 17.9 Å². The standard InChI is InChI=1S/C15H14O5S/c1-21(18,19)12-8-6-11(7-9-12)10-20-14-5-3-2-4-13(14)15(16)17/h2-9H,10H2,1H3,(H,16,17). The Morgan fingerprint density at radius 3 is 2.29 bits per heavy atom. The summed E-state index contributed by atoms with van der Waals surface area (Å²) >= 11 is 0. The van der Waals surface area contributed by atoms with E-state index in [2.05, 4.69) is 0 Å². The summed E-state index contributed by atoms with van der Waals surface area (Å²) in [4.78, 5) is 11.3. The Labute approximate surface area is 122 Å². The monoisotopic (exact) mass is 306 g/mol. The van der Waals surface area contributed by atoms with Gasteiger partial charge in [-0.3, -0.25) is 0 Å². The molecule has 2 aromatic carbocycles. The number of para-hydroxylation sites is 1. The molecule has 0 saturated carbocycles. The van der Waals surface area contributed by atoms with Crippen LogP contribution in [0.5, 0.6) is 5.75 Å². The highest BCUT2D eigenvalue weighted by Crippen LogP contribution is 2.19. The van der Waals surface area contributed by atoms with Gasteiger partial charge in [-0.05, 0) is 29.8 Å². The Balaban J connectivity index is 2.12. The zero-order valence-corrected chi connectivity index (χ0v) is 12.1. The number of carboxylic acids is 1. The highest BCUT2D eigenvalue weighted by molar-refractivity contribution is 7.90. The van der Waals surface area contributed by atoms with Crippen molar-refractivity contribution in [1.82, 2.24) is 0 Å². The molecule has 0 heterocycles. The predicted molar refractivity (Wildman–Crippen MR) is 77.3 cm³/mol. The molecular formula is C15H14O5S. The van der Waals surface area contributed by atoms with E-state index in [9.17, 15) is 13.2 Å². The average molecular weight is 306 g/mol. The second-order valence-corrected chi connectivity index (χ2v) is 6.52. The Morgan fingerprint density at radius 2 is 1.71 bits per heavy atom. The number of benzene rings is 2. The Morgan fingerprint density at radius 1 is 1.10 bits per heavy atom. The fraction of sp³-hybridized carbons (Fsp3) is 0.133. The summed E-state index contributed by atoms with van der Waals surface area (Å²) in [6, 6.07) is 12.6. The van der Waals surface area contributed by atoms with Crippen molar-refractivity contribution in [2.45, 2.75) is 11.5 Å². The summed E-state index contributed by atoms with van der Waals surface area (Å²) in [7, 11) is -3.22. The van der Waals surface area contributed by atoms with E-state index in [4.69, 9.17) is 9.84 Å². The molecule has 5 nitrogen and oxygen atoms in total. The Hall–Kier alpha value is -2.34. The van der Waals surface area contributed by atoms with Crippen LogP contribution in [0.4, 0.5) is 0 Å². The molecule has 0 spiro atoms. The second kappa shape index (κ2) is 5.97. The molecule has 0 aliphatic heterocycles. The van der Waals surface area contributed by atoms with Gasteiger partial charge in [-0.2, -0.15) is 0 Å². The maximum atomic E-state index is 11.3. The molecule has 110 valence electrons. The van der Waals surface area contributed by atoms with Gasteiger partial charge in [0.15, 0.2) is 9.84 Å². The van der Waals surface area contributed by atoms with Gasteiger partial charge in [0.2, 0.25) is 0 Å². The topological polar surface area (TPSA) is 80.7 Å². The van der Waals surface area contributed by atoms with E-state index in [0.717, 1.165) is 11.8 Å². The molecule has 0 aliphatic carbocycles. The van der Waals surface area contributed by atoms with Gasteiger partial charge in [0.05, 0.1) is 4.90 Å². The second-order valence-electron chi connectivity index (χ2n) is 4.51. The molecule has 0 aliphatic rings. The van der Waals surface area contributed by atoms with Crippen LogP contribution in [0.15, 0.2) is 53.4 Å². The Bertz CT molecular complexity index is 748. The minimum Gasteiger partial charge on any atom is -0.488 e. The maximum Gasteiger partial charge on any atom is 0.339 e. The van der Waals surface area contributed by atoms with Crippen molar-refractivity contribution in [3.05, 3.63) is 59.7 Å². The van der Waals surface area contributed by atoms with Crippen LogP contribution in [-0.4, -0.2) is 25.7 Å². The van der Waals surface area contributed by atoms with Gasteiger partial charge >= 0.3 is 5.97 Å². The van der Waals surface area contributed by atoms with E-state index in [1.165, 1.54) is 18.2 Å². The normalized spacial score (nSPS) is 11.1. The molecular weight excluding hydrogens is 292 g/mol. The third-order valence-corrected chi connectivity index (χ3v) is 3.99. The first-order chi connectivity index (χ1) is 9.88. The third-order valence-electron chi connectivity index (χ3n) is 2.86. The number of aromatic carboxylic acids is 1. The molecule has 0 bridgehead atoms. The number of carboxylic acid groups (broad SMARTS) is 1. The summed E-state index contributed by atoms with van der Waals surface area (Å²) in [5, 5.41) is 9.04. The van der Waals surface area contributed by atoms with E-state index in [-0.39, 0.29) is 22.8 Å². The predicted octanol–water partition coefficient (Wildman–Crippen LogP) is 2.37. The van der Waals surface area contributed by atoms with Crippen molar-refractivity contribution >= 4 is 15.8 Å². The first-order valence-corrected chi connectivity index (χ1v) is 8.01. The lowest BCUT2D eigenvalue weighted by Crippen LogP contribution is -2.03. The van der Waals surface area contributed by atoms with Crippen LogP contribution in [0.2, 0.25) is 0 Å². The molecule has 1 N–H and O–H groups in total. The summed E-state index contributed by atoms with van der Waals surface area (Å²) in [5.41, 5.74) is 0.841. The number of ether oxygens (including phenoxy) is 1. The van der Waals surface area contributed by atoms with Crippen molar-refractivity contribution in [1.29, 1.82) is 0 Å². The quantitative estimate of drug-likeness (QED) is 0.917. The molecule has 0 aromatic heterocycles. The van der Waals surface area contributed by atoms with Crippen LogP contribution in [0.3, 0.4) is 0 Å². The molecule has 0 radical (unpaired) electrons. The molecule has 21 heavy (non-hydrogen) atoms. The van der Waals surface area contributed by atoms with E-state index in [1.807, 2.05) is 0 Å². The van der Waals surface area contributed by atoms with Crippen molar-refractivity contribution in [2.24, 2.45) is 0 Å². The number of hydrogen-bond acceptors (Lipinski definition) is 4. The zero-order valence-electron chi connectivity index (χ0n) is 11.3. The molecule has 0 saturated heterocycles.